The molecule has 2 amide bonds. The van der Waals surface area contributed by atoms with Gasteiger partial charge in [0, 0.05) is 18.7 Å². The highest BCUT2D eigenvalue weighted by Gasteiger charge is 2.11. The average Bonchev–Trinajstić information content (AvgIpc) is 2.87. The van der Waals surface area contributed by atoms with E-state index in [2.05, 4.69) is 20.4 Å². The summed E-state index contributed by atoms with van der Waals surface area (Å²) in [6.07, 6.45) is 3.23. The van der Waals surface area contributed by atoms with E-state index in [1.165, 1.54) is 6.92 Å². The first kappa shape index (κ1) is 14.6. The van der Waals surface area contributed by atoms with E-state index in [0.717, 1.165) is 0 Å². The molecule has 0 spiro atoms. The summed E-state index contributed by atoms with van der Waals surface area (Å²) in [4.78, 5) is 30.9. The van der Waals surface area contributed by atoms with Gasteiger partial charge in [-0.3, -0.25) is 14.6 Å². The Hall–Kier alpha value is -3.29. The fraction of sp³-hybridized carbons (Fsp3) is 0.133. The lowest BCUT2D eigenvalue weighted by atomic mass is 10.1. The third kappa shape index (κ3) is 2.86. The van der Waals surface area contributed by atoms with Gasteiger partial charge in [0.25, 0.3) is 5.91 Å². The second-order valence-electron chi connectivity index (χ2n) is 5.05. The molecule has 23 heavy (non-hydrogen) atoms. The van der Waals surface area contributed by atoms with Crippen LogP contribution < -0.4 is 11.1 Å². The van der Waals surface area contributed by atoms with E-state index >= 15 is 0 Å². The number of hydrogen-bond acceptors (Lipinski definition) is 5. The molecule has 3 rings (SSSR count). The number of anilines is 1. The lowest BCUT2D eigenvalue weighted by Crippen LogP contribution is -2.13. The molecule has 0 aliphatic rings. The Morgan fingerprint density at radius 1 is 1.30 bits per heavy atom. The van der Waals surface area contributed by atoms with Crippen LogP contribution in [0, 0.1) is 6.92 Å². The van der Waals surface area contributed by atoms with Gasteiger partial charge in [-0.25, -0.2) is 9.50 Å². The van der Waals surface area contributed by atoms with E-state index in [0.29, 0.717) is 34.0 Å². The SMILES string of the molecule is CC(=O)Nc1cn2nc(-c3cnc(C)c(C(N)=O)c3)ccc2n1. The maximum atomic E-state index is 11.4. The summed E-state index contributed by atoms with van der Waals surface area (Å²) in [6, 6.07) is 5.18. The summed E-state index contributed by atoms with van der Waals surface area (Å²) in [5, 5.41) is 7.01. The van der Waals surface area contributed by atoms with Crippen molar-refractivity contribution in [1.82, 2.24) is 19.6 Å². The van der Waals surface area contributed by atoms with Crippen molar-refractivity contribution in [3.8, 4) is 11.3 Å². The Kier molecular flexibility index (Phi) is 3.49. The van der Waals surface area contributed by atoms with Gasteiger partial charge in [0.15, 0.2) is 11.5 Å². The van der Waals surface area contributed by atoms with Crippen LogP contribution in [0.25, 0.3) is 16.9 Å². The Labute approximate surface area is 131 Å². The van der Waals surface area contributed by atoms with Crippen molar-refractivity contribution in [2.75, 3.05) is 5.32 Å². The van der Waals surface area contributed by atoms with E-state index in [1.807, 2.05) is 0 Å². The van der Waals surface area contributed by atoms with Crippen LogP contribution in [0.3, 0.4) is 0 Å². The van der Waals surface area contributed by atoms with Crippen LogP contribution in [0.1, 0.15) is 23.0 Å². The average molecular weight is 310 g/mol. The number of carbonyl (C=O) groups is 2. The number of nitrogens with one attached hydrogen (secondary N) is 1. The molecule has 0 atom stereocenters. The van der Waals surface area contributed by atoms with Gasteiger partial charge in [-0.2, -0.15) is 5.10 Å². The largest absolute Gasteiger partial charge is 0.366 e. The second-order valence-corrected chi connectivity index (χ2v) is 5.05. The van der Waals surface area contributed by atoms with Gasteiger partial charge in [-0.15, -0.1) is 0 Å². The van der Waals surface area contributed by atoms with Crippen molar-refractivity contribution < 1.29 is 9.59 Å². The van der Waals surface area contributed by atoms with Gasteiger partial charge in [-0.05, 0) is 25.1 Å². The number of nitrogens with two attached hydrogens (primary N) is 1. The topological polar surface area (TPSA) is 115 Å². The molecule has 0 unspecified atom stereocenters. The van der Waals surface area contributed by atoms with E-state index in [1.54, 1.807) is 42.0 Å². The molecule has 3 heterocycles. The number of fused-ring (bicyclic) bond motifs is 1. The number of aryl methyl sites for hydroxylation is 1. The second kappa shape index (κ2) is 5.48. The summed E-state index contributed by atoms with van der Waals surface area (Å²) in [5.41, 5.74) is 8.14. The minimum Gasteiger partial charge on any atom is -0.366 e. The zero-order valence-electron chi connectivity index (χ0n) is 12.6. The number of pyridine rings is 1. The number of nitrogens with zero attached hydrogens (tertiary/aromatic N) is 4. The van der Waals surface area contributed by atoms with Gasteiger partial charge >= 0.3 is 0 Å². The number of imidazole rings is 1. The first-order chi connectivity index (χ1) is 10.9. The van der Waals surface area contributed by atoms with Crippen molar-refractivity contribution in [2.45, 2.75) is 13.8 Å². The highest BCUT2D eigenvalue weighted by molar-refractivity contribution is 5.95. The molecular weight excluding hydrogens is 296 g/mol. The number of hydrogen-bond donors (Lipinski definition) is 2. The number of carbonyl (C=O) groups excluding carboxylic acids is 2. The van der Waals surface area contributed by atoms with Crippen LogP contribution in [-0.4, -0.2) is 31.4 Å². The molecule has 8 nitrogen and oxygen atoms in total. The molecule has 0 saturated heterocycles. The highest BCUT2D eigenvalue weighted by atomic mass is 16.1. The van der Waals surface area contributed by atoms with Crippen LogP contribution in [0.5, 0.6) is 0 Å². The van der Waals surface area contributed by atoms with Gasteiger partial charge in [0.2, 0.25) is 5.91 Å². The van der Waals surface area contributed by atoms with Crippen molar-refractivity contribution in [1.29, 1.82) is 0 Å². The lowest BCUT2D eigenvalue weighted by Gasteiger charge is -2.05. The van der Waals surface area contributed by atoms with Crippen molar-refractivity contribution in [3.05, 3.63) is 41.9 Å². The molecule has 3 aromatic rings. The van der Waals surface area contributed by atoms with Crippen molar-refractivity contribution in [3.63, 3.8) is 0 Å². The van der Waals surface area contributed by atoms with Crippen LogP contribution in [0.4, 0.5) is 5.82 Å². The summed E-state index contributed by atoms with van der Waals surface area (Å²) in [7, 11) is 0. The zero-order valence-corrected chi connectivity index (χ0v) is 12.6. The molecule has 0 saturated carbocycles. The minimum absolute atomic E-state index is 0.206. The van der Waals surface area contributed by atoms with Gasteiger partial charge in [-0.1, -0.05) is 0 Å². The van der Waals surface area contributed by atoms with E-state index in [-0.39, 0.29) is 5.91 Å². The highest BCUT2D eigenvalue weighted by Crippen LogP contribution is 2.20. The smallest absolute Gasteiger partial charge is 0.250 e. The van der Waals surface area contributed by atoms with E-state index in [4.69, 9.17) is 5.73 Å². The number of aromatic nitrogens is 4. The van der Waals surface area contributed by atoms with Crippen LogP contribution >= 0.6 is 0 Å². The van der Waals surface area contributed by atoms with E-state index in [9.17, 15) is 9.59 Å². The molecule has 0 fully saturated rings. The molecule has 116 valence electrons. The van der Waals surface area contributed by atoms with Crippen molar-refractivity contribution >= 4 is 23.3 Å². The molecule has 3 aromatic heterocycles. The predicted octanol–water partition coefficient (Wildman–Crippen LogP) is 1.16. The van der Waals surface area contributed by atoms with Gasteiger partial charge < -0.3 is 11.1 Å². The Bertz CT molecular complexity index is 931. The van der Waals surface area contributed by atoms with Gasteiger partial charge in [0.1, 0.15) is 0 Å². The summed E-state index contributed by atoms with van der Waals surface area (Å²) < 4.78 is 1.55. The van der Waals surface area contributed by atoms with Crippen LogP contribution in [0.2, 0.25) is 0 Å². The summed E-state index contributed by atoms with van der Waals surface area (Å²) in [5.74, 6) is -0.321. The first-order valence-electron chi connectivity index (χ1n) is 6.85. The Morgan fingerprint density at radius 3 is 2.78 bits per heavy atom. The number of amides is 2. The molecule has 0 aliphatic carbocycles. The third-order valence-electron chi connectivity index (χ3n) is 3.27. The molecule has 0 radical (unpaired) electrons. The summed E-state index contributed by atoms with van der Waals surface area (Å²) >= 11 is 0. The lowest BCUT2D eigenvalue weighted by molar-refractivity contribution is -0.114. The third-order valence-corrected chi connectivity index (χ3v) is 3.27. The number of rotatable bonds is 3. The normalized spacial score (nSPS) is 10.7. The van der Waals surface area contributed by atoms with Gasteiger partial charge in [0.05, 0.1) is 23.1 Å². The first-order valence-corrected chi connectivity index (χ1v) is 6.85. The fourth-order valence-electron chi connectivity index (χ4n) is 2.20. The minimum atomic E-state index is -0.534. The Balaban J connectivity index is 2.05. The maximum absolute atomic E-state index is 11.4. The molecule has 0 aromatic carbocycles. The monoisotopic (exact) mass is 310 g/mol. The standard InChI is InChI=1S/C15H14N6O2/c1-8-11(15(16)23)5-10(6-17-8)12-3-4-14-19-13(18-9(2)22)7-21(14)20-12/h3-7H,1-2H3,(H2,16,23)(H,18,22). The Morgan fingerprint density at radius 2 is 2.09 bits per heavy atom. The predicted molar refractivity (Wildman–Crippen MR) is 83.8 cm³/mol. The van der Waals surface area contributed by atoms with Crippen LogP contribution in [0.15, 0.2) is 30.6 Å². The molecular formula is C15H14N6O2. The molecule has 0 bridgehead atoms. The molecule has 8 heteroatoms. The van der Waals surface area contributed by atoms with Crippen molar-refractivity contribution in [2.24, 2.45) is 5.73 Å². The number of primary amides is 1. The quantitative estimate of drug-likeness (QED) is 0.753. The molecule has 0 aliphatic heterocycles. The maximum Gasteiger partial charge on any atom is 0.250 e. The summed E-state index contributed by atoms with van der Waals surface area (Å²) in [6.45, 7) is 3.13. The zero-order chi connectivity index (χ0) is 16.6. The fourth-order valence-corrected chi connectivity index (χ4v) is 2.20. The van der Waals surface area contributed by atoms with Crippen LogP contribution in [-0.2, 0) is 4.79 Å². The van der Waals surface area contributed by atoms with E-state index < -0.39 is 5.91 Å². The molecule has 3 N–H and O–H groups in total.